The fourth-order valence-electron chi connectivity index (χ4n) is 3.08. The Kier molecular flexibility index (Phi) is 3.06. The third-order valence-electron chi connectivity index (χ3n) is 4.24. The molecule has 3 rings (SSSR count). The van der Waals surface area contributed by atoms with E-state index in [0.717, 1.165) is 19.0 Å². The molecule has 1 aromatic carbocycles. The molecule has 0 aliphatic carbocycles. The van der Waals surface area contributed by atoms with E-state index in [-0.39, 0.29) is 0 Å². The summed E-state index contributed by atoms with van der Waals surface area (Å²) in [6.45, 7) is 7.13. The SMILES string of the molecule is CCC1CCN(Cc2ccc3c(c2)NCC3)C1. The fraction of sp³-hybridized carbons (Fsp3) is 0.600. The van der Waals surface area contributed by atoms with Gasteiger partial charge in [0, 0.05) is 25.3 Å². The minimum absolute atomic E-state index is 0.933. The second kappa shape index (κ2) is 4.69. The van der Waals surface area contributed by atoms with E-state index in [1.165, 1.54) is 49.2 Å². The zero-order valence-electron chi connectivity index (χ0n) is 10.7. The highest BCUT2D eigenvalue weighted by Crippen LogP contribution is 2.26. The van der Waals surface area contributed by atoms with Gasteiger partial charge in [0.2, 0.25) is 0 Å². The van der Waals surface area contributed by atoms with Crippen molar-refractivity contribution >= 4 is 5.69 Å². The predicted molar refractivity (Wildman–Crippen MR) is 72.3 cm³/mol. The Bertz CT molecular complexity index is 400. The lowest BCUT2D eigenvalue weighted by Crippen LogP contribution is -2.20. The average Bonchev–Trinajstić information content (AvgIpc) is 2.96. The fourth-order valence-corrected chi connectivity index (χ4v) is 3.08. The van der Waals surface area contributed by atoms with Gasteiger partial charge < -0.3 is 5.32 Å². The number of hydrogen-bond acceptors (Lipinski definition) is 2. The minimum atomic E-state index is 0.933. The molecule has 0 saturated carbocycles. The van der Waals surface area contributed by atoms with Crippen molar-refractivity contribution in [2.45, 2.75) is 32.7 Å². The normalized spacial score (nSPS) is 23.7. The number of likely N-dealkylation sites (tertiary alicyclic amines) is 1. The van der Waals surface area contributed by atoms with Crippen LogP contribution in [0.15, 0.2) is 18.2 Å². The largest absolute Gasteiger partial charge is 0.384 e. The summed E-state index contributed by atoms with van der Waals surface area (Å²) in [6, 6.07) is 6.96. The van der Waals surface area contributed by atoms with Gasteiger partial charge in [-0.1, -0.05) is 25.5 Å². The van der Waals surface area contributed by atoms with Gasteiger partial charge in [-0.2, -0.15) is 0 Å². The Balaban J connectivity index is 1.65. The van der Waals surface area contributed by atoms with E-state index >= 15 is 0 Å². The number of benzene rings is 1. The van der Waals surface area contributed by atoms with Gasteiger partial charge in [-0.25, -0.2) is 0 Å². The van der Waals surface area contributed by atoms with Crippen molar-refractivity contribution in [1.82, 2.24) is 4.90 Å². The summed E-state index contributed by atoms with van der Waals surface area (Å²) in [5.41, 5.74) is 4.32. The second-order valence-corrected chi connectivity index (χ2v) is 5.47. The minimum Gasteiger partial charge on any atom is -0.384 e. The summed E-state index contributed by atoms with van der Waals surface area (Å²) in [5.74, 6) is 0.933. The molecule has 0 radical (unpaired) electrons. The lowest BCUT2D eigenvalue weighted by molar-refractivity contribution is 0.315. The first kappa shape index (κ1) is 11.1. The zero-order valence-corrected chi connectivity index (χ0v) is 10.7. The molecule has 0 amide bonds. The van der Waals surface area contributed by atoms with E-state index in [0.29, 0.717) is 0 Å². The lowest BCUT2D eigenvalue weighted by Gasteiger charge is -2.16. The highest BCUT2D eigenvalue weighted by molar-refractivity contribution is 5.57. The Morgan fingerprint density at radius 2 is 2.35 bits per heavy atom. The maximum Gasteiger partial charge on any atom is 0.0376 e. The van der Waals surface area contributed by atoms with Crippen molar-refractivity contribution in [3.05, 3.63) is 29.3 Å². The molecule has 0 spiro atoms. The quantitative estimate of drug-likeness (QED) is 0.859. The van der Waals surface area contributed by atoms with E-state index in [1.54, 1.807) is 0 Å². The maximum absolute atomic E-state index is 3.47. The molecule has 17 heavy (non-hydrogen) atoms. The van der Waals surface area contributed by atoms with Crippen LogP contribution < -0.4 is 5.32 Å². The molecule has 1 unspecified atom stereocenters. The third-order valence-corrected chi connectivity index (χ3v) is 4.24. The molecular formula is C15H22N2. The van der Waals surface area contributed by atoms with Crippen LogP contribution in [-0.4, -0.2) is 24.5 Å². The Morgan fingerprint density at radius 3 is 3.18 bits per heavy atom. The van der Waals surface area contributed by atoms with Crippen LogP contribution in [0.4, 0.5) is 5.69 Å². The van der Waals surface area contributed by atoms with Crippen LogP contribution in [0, 0.1) is 5.92 Å². The van der Waals surface area contributed by atoms with Gasteiger partial charge in [0.15, 0.2) is 0 Å². The molecule has 0 bridgehead atoms. The molecule has 2 aliphatic heterocycles. The molecule has 2 heterocycles. The standard InChI is InChI=1S/C15H22N2/c1-2-12-6-8-17(10-12)11-13-3-4-14-5-7-16-15(14)9-13/h3-4,9,12,16H,2,5-8,10-11H2,1H3. The molecule has 0 aromatic heterocycles. The van der Waals surface area contributed by atoms with E-state index in [1.807, 2.05) is 0 Å². The smallest absolute Gasteiger partial charge is 0.0376 e. The van der Waals surface area contributed by atoms with Crippen molar-refractivity contribution in [3.63, 3.8) is 0 Å². The van der Waals surface area contributed by atoms with Crippen LogP contribution in [0.25, 0.3) is 0 Å². The summed E-state index contributed by atoms with van der Waals surface area (Å²) < 4.78 is 0. The van der Waals surface area contributed by atoms with Crippen LogP contribution in [0.5, 0.6) is 0 Å². The van der Waals surface area contributed by atoms with Gasteiger partial charge in [-0.15, -0.1) is 0 Å². The van der Waals surface area contributed by atoms with Crippen LogP contribution in [-0.2, 0) is 13.0 Å². The molecule has 2 heteroatoms. The molecule has 1 N–H and O–H groups in total. The summed E-state index contributed by atoms with van der Waals surface area (Å²) in [4.78, 5) is 2.60. The molecule has 2 nitrogen and oxygen atoms in total. The molecular weight excluding hydrogens is 208 g/mol. The Morgan fingerprint density at radius 1 is 1.41 bits per heavy atom. The van der Waals surface area contributed by atoms with Crippen molar-refractivity contribution in [2.75, 3.05) is 25.0 Å². The van der Waals surface area contributed by atoms with Crippen LogP contribution in [0.2, 0.25) is 0 Å². The Hall–Kier alpha value is -1.02. The number of hydrogen-bond donors (Lipinski definition) is 1. The van der Waals surface area contributed by atoms with Crippen molar-refractivity contribution in [2.24, 2.45) is 5.92 Å². The number of anilines is 1. The zero-order chi connectivity index (χ0) is 11.7. The molecule has 1 fully saturated rings. The summed E-state index contributed by atoms with van der Waals surface area (Å²) in [5, 5.41) is 3.47. The van der Waals surface area contributed by atoms with Gasteiger partial charge in [0.05, 0.1) is 0 Å². The first-order valence-corrected chi connectivity index (χ1v) is 6.93. The molecule has 1 aromatic rings. The topological polar surface area (TPSA) is 15.3 Å². The first-order chi connectivity index (χ1) is 8.35. The molecule has 1 saturated heterocycles. The predicted octanol–water partition coefficient (Wildman–Crippen LogP) is 2.89. The van der Waals surface area contributed by atoms with Gasteiger partial charge in [0.25, 0.3) is 0 Å². The molecule has 92 valence electrons. The molecule has 2 aliphatic rings. The second-order valence-electron chi connectivity index (χ2n) is 5.47. The van der Waals surface area contributed by atoms with E-state index < -0.39 is 0 Å². The monoisotopic (exact) mass is 230 g/mol. The summed E-state index contributed by atoms with van der Waals surface area (Å²) in [6.07, 6.45) is 3.92. The lowest BCUT2D eigenvalue weighted by atomic mass is 10.1. The highest BCUT2D eigenvalue weighted by atomic mass is 15.1. The van der Waals surface area contributed by atoms with Crippen molar-refractivity contribution < 1.29 is 0 Å². The number of rotatable bonds is 3. The van der Waals surface area contributed by atoms with Gasteiger partial charge >= 0.3 is 0 Å². The van der Waals surface area contributed by atoms with Gasteiger partial charge in [-0.05, 0) is 42.5 Å². The third kappa shape index (κ3) is 2.32. The molecule has 1 atom stereocenters. The van der Waals surface area contributed by atoms with Crippen LogP contribution in [0.1, 0.15) is 30.9 Å². The highest BCUT2D eigenvalue weighted by Gasteiger charge is 2.21. The summed E-state index contributed by atoms with van der Waals surface area (Å²) in [7, 11) is 0. The van der Waals surface area contributed by atoms with Crippen molar-refractivity contribution in [1.29, 1.82) is 0 Å². The number of nitrogens with zero attached hydrogens (tertiary/aromatic N) is 1. The van der Waals surface area contributed by atoms with E-state index in [4.69, 9.17) is 0 Å². The summed E-state index contributed by atoms with van der Waals surface area (Å²) >= 11 is 0. The van der Waals surface area contributed by atoms with Gasteiger partial charge in [-0.3, -0.25) is 4.90 Å². The average molecular weight is 230 g/mol. The number of nitrogens with one attached hydrogen (secondary N) is 1. The van der Waals surface area contributed by atoms with E-state index in [2.05, 4.69) is 35.3 Å². The van der Waals surface area contributed by atoms with Gasteiger partial charge in [0.1, 0.15) is 0 Å². The van der Waals surface area contributed by atoms with Crippen LogP contribution in [0.3, 0.4) is 0 Å². The first-order valence-electron chi connectivity index (χ1n) is 6.93. The maximum atomic E-state index is 3.47. The van der Waals surface area contributed by atoms with E-state index in [9.17, 15) is 0 Å². The van der Waals surface area contributed by atoms with Crippen LogP contribution >= 0.6 is 0 Å². The number of fused-ring (bicyclic) bond motifs is 1. The van der Waals surface area contributed by atoms with Crippen molar-refractivity contribution in [3.8, 4) is 0 Å². The Labute approximate surface area is 104 Å².